The Hall–Kier alpha value is -3.92. The van der Waals surface area contributed by atoms with Crippen molar-refractivity contribution in [1.82, 2.24) is 0 Å². The predicted octanol–water partition coefficient (Wildman–Crippen LogP) is 7.18. The number of benzene rings is 4. The zero-order valence-electron chi connectivity index (χ0n) is 19.7. The van der Waals surface area contributed by atoms with E-state index in [1.807, 2.05) is 61.5 Å². The Labute approximate surface area is 205 Å². The Morgan fingerprint density at radius 2 is 1.74 bits per heavy atom. The lowest BCUT2D eigenvalue weighted by molar-refractivity contribution is 0.112. The number of hydrogen-bond acceptors (Lipinski definition) is 3. The highest BCUT2D eigenvalue weighted by atomic mass is 19.1. The Bertz CT molecular complexity index is 1330. The summed E-state index contributed by atoms with van der Waals surface area (Å²) >= 11 is 0. The van der Waals surface area contributed by atoms with Crippen molar-refractivity contribution in [3.8, 4) is 11.5 Å². The van der Waals surface area contributed by atoms with Crippen molar-refractivity contribution in [3.63, 3.8) is 0 Å². The van der Waals surface area contributed by atoms with Crippen molar-refractivity contribution >= 4 is 6.29 Å². The standard InChI is InChI=1S/C31H27FO3/c1-21-15-25(19-33)28-12-14-31(29(28)16-21)35-27-11-13-30(34-20-23-5-3-2-4-6-23)24(18-27)17-22-7-9-26(32)10-8-22/h2-11,13,15-16,18-19,31H,12,14,17,20H2,1H3. The van der Waals surface area contributed by atoms with Gasteiger partial charge in [-0.2, -0.15) is 0 Å². The topological polar surface area (TPSA) is 35.5 Å². The van der Waals surface area contributed by atoms with E-state index >= 15 is 0 Å². The second-order valence-electron chi connectivity index (χ2n) is 9.03. The molecule has 3 nitrogen and oxygen atoms in total. The van der Waals surface area contributed by atoms with E-state index in [1.165, 1.54) is 12.1 Å². The lowest BCUT2D eigenvalue weighted by atomic mass is 10.0. The normalized spacial score (nSPS) is 14.4. The van der Waals surface area contributed by atoms with E-state index in [0.717, 1.165) is 69.6 Å². The molecule has 0 heterocycles. The summed E-state index contributed by atoms with van der Waals surface area (Å²) in [7, 11) is 0. The maximum atomic E-state index is 13.4. The van der Waals surface area contributed by atoms with Crippen LogP contribution in [0.3, 0.4) is 0 Å². The summed E-state index contributed by atoms with van der Waals surface area (Å²) < 4.78 is 26.1. The summed E-state index contributed by atoms with van der Waals surface area (Å²) in [6.45, 7) is 2.46. The van der Waals surface area contributed by atoms with E-state index in [4.69, 9.17) is 9.47 Å². The Balaban J connectivity index is 1.41. The first kappa shape index (κ1) is 22.9. The van der Waals surface area contributed by atoms with Gasteiger partial charge in [0.05, 0.1) is 0 Å². The molecule has 0 spiro atoms. The highest BCUT2D eigenvalue weighted by Gasteiger charge is 2.27. The smallest absolute Gasteiger partial charge is 0.150 e. The molecule has 0 bridgehead atoms. The number of aldehydes is 1. The monoisotopic (exact) mass is 466 g/mol. The summed E-state index contributed by atoms with van der Waals surface area (Å²) in [5, 5.41) is 0. The third kappa shape index (κ3) is 5.27. The van der Waals surface area contributed by atoms with E-state index in [1.54, 1.807) is 12.1 Å². The predicted molar refractivity (Wildman–Crippen MR) is 135 cm³/mol. The SMILES string of the molecule is Cc1cc(C=O)c2c(c1)C(Oc1ccc(OCc3ccccc3)c(Cc3ccc(F)cc3)c1)CC2. The Morgan fingerprint density at radius 3 is 2.51 bits per heavy atom. The molecule has 5 rings (SSSR count). The quantitative estimate of drug-likeness (QED) is 0.258. The Kier molecular flexibility index (Phi) is 6.62. The van der Waals surface area contributed by atoms with Crippen LogP contribution in [0.25, 0.3) is 0 Å². The largest absolute Gasteiger partial charge is 0.489 e. The van der Waals surface area contributed by atoms with Crippen LogP contribution in [-0.2, 0) is 19.4 Å². The van der Waals surface area contributed by atoms with Gasteiger partial charge in [0.25, 0.3) is 0 Å². The zero-order chi connectivity index (χ0) is 24.2. The number of carbonyl (C=O) groups excluding carboxylic acids is 1. The summed E-state index contributed by atoms with van der Waals surface area (Å²) in [6, 6.07) is 26.5. The number of halogens is 1. The molecule has 1 aliphatic rings. The van der Waals surface area contributed by atoms with Gasteiger partial charge in [-0.3, -0.25) is 4.79 Å². The first-order valence-corrected chi connectivity index (χ1v) is 11.9. The number of fused-ring (bicyclic) bond motifs is 1. The van der Waals surface area contributed by atoms with Crippen LogP contribution in [0.1, 0.15) is 56.3 Å². The minimum absolute atomic E-state index is 0.0987. The zero-order valence-corrected chi connectivity index (χ0v) is 19.7. The van der Waals surface area contributed by atoms with E-state index in [2.05, 4.69) is 6.07 Å². The molecule has 0 fully saturated rings. The van der Waals surface area contributed by atoms with Crippen LogP contribution in [0.2, 0.25) is 0 Å². The fraction of sp³-hybridized carbons (Fsp3) is 0.194. The minimum Gasteiger partial charge on any atom is -0.489 e. The fourth-order valence-corrected chi connectivity index (χ4v) is 4.74. The van der Waals surface area contributed by atoms with Crippen LogP contribution >= 0.6 is 0 Å². The van der Waals surface area contributed by atoms with Crippen LogP contribution in [0.15, 0.2) is 84.9 Å². The molecule has 1 unspecified atom stereocenters. The number of aryl methyl sites for hydroxylation is 1. The minimum atomic E-state index is -0.253. The molecular weight excluding hydrogens is 439 g/mol. The number of rotatable bonds is 8. The molecule has 0 saturated carbocycles. The van der Waals surface area contributed by atoms with Crippen LogP contribution in [-0.4, -0.2) is 6.29 Å². The van der Waals surface area contributed by atoms with Gasteiger partial charge in [0.15, 0.2) is 0 Å². The van der Waals surface area contributed by atoms with E-state index in [0.29, 0.717) is 13.0 Å². The van der Waals surface area contributed by atoms with Gasteiger partial charge in [0.1, 0.15) is 36.3 Å². The highest BCUT2D eigenvalue weighted by molar-refractivity contribution is 5.79. The molecule has 0 N–H and O–H groups in total. The molecule has 1 aliphatic carbocycles. The van der Waals surface area contributed by atoms with Gasteiger partial charge in [-0.05, 0) is 84.0 Å². The van der Waals surface area contributed by atoms with Crippen molar-refractivity contribution in [2.75, 3.05) is 0 Å². The highest BCUT2D eigenvalue weighted by Crippen LogP contribution is 2.38. The molecule has 0 amide bonds. The van der Waals surface area contributed by atoms with Crippen LogP contribution < -0.4 is 9.47 Å². The lowest BCUT2D eigenvalue weighted by Crippen LogP contribution is -2.06. The van der Waals surface area contributed by atoms with Gasteiger partial charge in [-0.1, -0.05) is 48.5 Å². The summed E-state index contributed by atoms with van der Waals surface area (Å²) in [6.07, 6.45) is 3.10. The van der Waals surface area contributed by atoms with Crippen molar-refractivity contribution in [2.24, 2.45) is 0 Å². The van der Waals surface area contributed by atoms with Crippen LogP contribution in [0.4, 0.5) is 4.39 Å². The number of carbonyl (C=O) groups is 1. The van der Waals surface area contributed by atoms with Crippen LogP contribution in [0, 0.1) is 12.7 Å². The average Bonchev–Trinajstić information content (AvgIpc) is 3.27. The van der Waals surface area contributed by atoms with Gasteiger partial charge < -0.3 is 9.47 Å². The van der Waals surface area contributed by atoms with Crippen molar-refractivity contribution in [3.05, 3.63) is 130 Å². The molecule has 4 heteroatoms. The summed E-state index contributed by atoms with van der Waals surface area (Å²) in [4.78, 5) is 11.5. The molecule has 176 valence electrons. The molecule has 0 aliphatic heterocycles. The van der Waals surface area contributed by atoms with E-state index in [9.17, 15) is 9.18 Å². The number of ether oxygens (including phenoxy) is 2. The summed E-state index contributed by atoms with van der Waals surface area (Å²) in [5.74, 6) is 1.27. The van der Waals surface area contributed by atoms with E-state index < -0.39 is 0 Å². The maximum Gasteiger partial charge on any atom is 0.150 e. The summed E-state index contributed by atoms with van der Waals surface area (Å²) in [5.41, 5.74) is 7.05. The second-order valence-corrected chi connectivity index (χ2v) is 9.03. The molecule has 1 atom stereocenters. The van der Waals surface area contributed by atoms with Crippen LogP contribution in [0.5, 0.6) is 11.5 Å². The van der Waals surface area contributed by atoms with Gasteiger partial charge in [-0.15, -0.1) is 0 Å². The maximum absolute atomic E-state index is 13.4. The van der Waals surface area contributed by atoms with E-state index in [-0.39, 0.29) is 11.9 Å². The molecule has 35 heavy (non-hydrogen) atoms. The van der Waals surface area contributed by atoms with Crippen molar-refractivity contribution in [1.29, 1.82) is 0 Å². The first-order valence-electron chi connectivity index (χ1n) is 11.9. The fourth-order valence-electron chi connectivity index (χ4n) is 4.74. The molecule has 4 aromatic rings. The second kappa shape index (κ2) is 10.1. The van der Waals surface area contributed by atoms with Crippen molar-refractivity contribution < 1.29 is 18.7 Å². The first-order chi connectivity index (χ1) is 17.1. The molecule has 0 aromatic heterocycles. The van der Waals surface area contributed by atoms with Gasteiger partial charge in [0.2, 0.25) is 0 Å². The van der Waals surface area contributed by atoms with Gasteiger partial charge in [0, 0.05) is 17.5 Å². The lowest BCUT2D eigenvalue weighted by Gasteiger charge is -2.18. The number of hydrogen-bond donors (Lipinski definition) is 0. The molecule has 4 aromatic carbocycles. The molecule has 0 saturated heterocycles. The Morgan fingerprint density at radius 1 is 0.943 bits per heavy atom. The average molecular weight is 467 g/mol. The van der Waals surface area contributed by atoms with Crippen molar-refractivity contribution in [2.45, 2.75) is 38.9 Å². The van der Waals surface area contributed by atoms with Gasteiger partial charge >= 0.3 is 0 Å². The third-order valence-corrected chi connectivity index (χ3v) is 6.45. The van der Waals surface area contributed by atoms with Gasteiger partial charge in [-0.25, -0.2) is 4.39 Å². The molecule has 0 radical (unpaired) electrons. The third-order valence-electron chi connectivity index (χ3n) is 6.45. The molecular formula is C31H27FO3.